The summed E-state index contributed by atoms with van der Waals surface area (Å²) in [6.45, 7) is 0.146. The number of nitrogens with one attached hydrogen (secondary N) is 1. The largest absolute Gasteiger partial charge is 0.339 e. The molecule has 4 rings (SSSR count). The fourth-order valence-corrected chi connectivity index (χ4v) is 2.63. The van der Waals surface area contributed by atoms with Gasteiger partial charge in [-0.05, 0) is 29.8 Å². The van der Waals surface area contributed by atoms with Gasteiger partial charge in [-0.15, -0.1) is 0 Å². The highest BCUT2D eigenvalue weighted by Gasteiger charge is 2.13. The maximum absolute atomic E-state index is 12.2. The Kier molecular flexibility index (Phi) is 4.69. The standard InChI is InChI=1S/C19H16N6O2/c26-17(13-25-10-4-9-21-25)22-16-7-2-1-5-14(16)11-18-23-19(24-27-18)15-6-3-8-20-12-15/h1-10,12H,11,13H2,(H,22,26). The molecule has 0 unspecified atom stereocenters. The lowest BCUT2D eigenvalue weighted by Gasteiger charge is -2.09. The van der Waals surface area contributed by atoms with Crippen LogP contribution in [0, 0.1) is 0 Å². The van der Waals surface area contributed by atoms with Gasteiger partial charge in [0.15, 0.2) is 0 Å². The number of carbonyl (C=O) groups is 1. The lowest BCUT2D eigenvalue weighted by atomic mass is 10.1. The monoisotopic (exact) mass is 360 g/mol. The second-order valence-electron chi connectivity index (χ2n) is 5.84. The first kappa shape index (κ1) is 16.6. The van der Waals surface area contributed by atoms with E-state index in [1.165, 1.54) is 0 Å². The highest BCUT2D eigenvalue weighted by Crippen LogP contribution is 2.20. The molecule has 0 fully saturated rings. The van der Waals surface area contributed by atoms with E-state index in [0.29, 0.717) is 23.8 Å². The van der Waals surface area contributed by atoms with Gasteiger partial charge < -0.3 is 9.84 Å². The lowest BCUT2D eigenvalue weighted by molar-refractivity contribution is -0.116. The van der Waals surface area contributed by atoms with Crippen LogP contribution in [0.1, 0.15) is 11.5 Å². The first-order chi connectivity index (χ1) is 13.3. The maximum atomic E-state index is 12.2. The summed E-state index contributed by atoms with van der Waals surface area (Å²) < 4.78 is 6.92. The number of amides is 1. The lowest BCUT2D eigenvalue weighted by Crippen LogP contribution is -2.19. The quantitative estimate of drug-likeness (QED) is 0.567. The molecule has 0 bridgehead atoms. The molecule has 3 heterocycles. The van der Waals surface area contributed by atoms with Crippen molar-refractivity contribution in [2.75, 3.05) is 5.32 Å². The van der Waals surface area contributed by atoms with Crippen molar-refractivity contribution in [3.05, 3.63) is 78.7 Å². The van der Waals surface area contributed by atoms with Crippen molar-refractivity contribution < 1.29 is 9.32 Å². The molecule has 8 heteroatoms. The predicted molar refractivity (Wildman–Crippen MR) is 97.6 cm³/mol. The highest BCUT2D eigenvalue weighted by molar-refractivity contribution is 5.91. The summed E-state index contributed by atoms with van der Waals surface area (Å²) in [4.78, 5) is 20.7. The van der Waals surface area contributed by atoms with Crippen molar-refractivity contribution >= 4 is 11.6 Å². The smallest absolute Gasteiger partial charge is 0.246 e. The van der Waals surface area contributed by atoms with Crippen LogP contribution in [0.5, 0.6) is 0 Å². The number of anilines is 1. The van der Waals surface area contributed by atoms with Crippen molar-refractivity contribution in [3.63, 3.8) is 0 Å². The molecule has 0 aliphatic carbocycles. The minimum Gasteiger partial charge on any atom is -0.339 e. The number of pyridine rings is 1. The number of para-hydroxylation sites is 1. The molecule has 134 valence electrons. The van der Waals surface area contributed by atoms with Gasteiger partial charge in [0.05, 0.1) is 6.42 Å². The van der Waals surface area contributed by atoms with Gasteiger partial charge in [-0.2, -0.15) is 10.1 Å². The molecule has 1 amide bonds. The van der Waals surface area contributed by atoms with E-state index in [0.717, 1.165) is 11.1 Å². The Balaban J connectivity index is 1.48. The zero-order valence-corrected chi connectivity index (χ0v) is 14.3. The van der Waals surface area contributed by atoms with Gasteiger partial charge in [-0.25, -0.2) is 0 Å². The van der Waals surface area contributed by atoms with E-state index in [2.05, 4.69) is 25.5 Å². The van der Waals surface area contributed by atoms with Crippen LogP contribution in [0.25, 0.3) is 11.4 Å². The normalized spacial score (nSPS) is 10.7. The van der Waals surface area contributed by atoms with Crippen molar-refractivity contribution in [1.82, 2.24) is 24.9 Å². The van der Waals surface area contributed by atoms with E-state index in [4.69, 9.17) is 4.52 Å². The first-order valence-electron chi connectivity index (χ1n) is 8.36. The van der Waals surface area contributed by atoms with E-state index in [-0.39, 0.29) is 12.5 Å². The predicted octanol–water partition coefficient (Wildman–Crippen LogP) is 2.56. The van der Waals surface area contributed by atoms with Gasteiger partial charge in [0.2, 0.25) is 17.6 Å². The zero-order chi connectivity index (χ0) is 18.5. The Hall–Kier alpha value is -3.81. The van der Waals surface area contributed by atoms with Crippen LogP contribution in [-0.2, 0) is 17.8 Å². The summed E-state index contributed by atoms with van der Waals surface area (Å²) in [5, 5.41) is 10.9. The molecule has 0 saturated carbocycles. The van der Waals surface area contributed by atoms with E-state index in [1.54, 1.807) is 35.5 Å². The molecular formula is C19H16N6O2. The Morgan fingerprint density at radius 3 is 2.85 bits per heavy atom. The average Bonchev–Trinajstić information content (AvgIpc) is 3.36. The van der Waals surface area contributed by atoms with Crippen molar-refractivity contribution in [2.24, 2.45) is 0 Å². The molecule has 1 N–H and O–H groups in total. The summed E-state index contributed by atoms with van der Waals surface area (Å²) in [6.07, 6.45) is 7.15. The molecule has 0 aliphatic heterocycles. The number of carbonyl (C=O) groups excluding carboxylic acids is 1. The second-order valence-corrected chi connectivity index (χ2v) is 5.84. The molecule has 0 aliphatic rings. The number of benzene rings is 1. The third-order valence-electron chi connectivity index (χ3n) is 3.89. The molecule has 27 heavy (non-hydrogen) atoms. The van der Waals surface area contributed by atoms with E-state index >= 15 is 0 Å². The van der Waals surface area contributed by atoms with Gasteiger partial charge in [-0.1, -0.05) is 23.4 Å². The summed E-state index contributed by atoms with van der Waals surface area (Å²) in [5.74, 6) is 0.786. The summed E-state index contributed by atoms with van der Waals surface area (Å²) in [5.41, 5.74) is 2.37. The third kappa shape index (κ3) is 4.06. The highest BCUT2D eigenvalue weighted by atomic mass is 16.5. The molecule has 4 aromatic rings. The number of hydrogen-bond donors (Lipinski definition) is 1. The molecule has 1 aromatic carbocycles. The molecule has 0 spiro atoms. The van der Waals surface area contributed by atoms with Crippen molar-refractivity contribution in [1.29, 1.82) is 0 Å². The van der Waals surface area contributed by atoms with Crippen LogP contribution in [0.2, 0.25) is 0 Å². The molecular weight excluding hydrogens is 344 g/mol. The Labute approximate surface area is 154 Å². The number of aromatic nitrogens is 5. The topological polar surface area (TPSA) is 98.7 Å². The fourth-order valence-electron chi connectivity index (χ4n) is 2.63. The minimum absolute atomic E-state index is 0.146. The summed E-state index contributed by atoms with van der Waals surface area (Å²) in [6, 6.07) is 13.0. The van der Waals surface area contributed by atoms with Crippen molar-refractivity contribution in [2.45, 2.75) is 13.0 Å². The van der Waals surface area contributed by atoms with E-state index in [9.17, 15) is 4.79 Å². The van der Waals surface area contributed by atoms with Gasteiger partial charge >= 0.3 is 0 Å². The van der Waals surface area contributed by atoms with Crippen LogP contribution in [-0.4, -0.2) is 30.8 Å². The van der Waals surface area contributed by atoms with Gasteiger partial charge in [0.1, 0.15) is 6.54 Å². The van der Waals surface area contributed by atoms with Crippen LogP contribution in [0.3, 0.4) is 0 Å². The summed E-state index contributed by atoms with van der Waals surface area (Å²) >= 11 is 0. The third-order valence-corrected chi connectivity index (χ3v) is 3.89. The molecule has 0 saturated heterocycles. The number of hydrogen-bond acceptors (Lipinski definition) is 6. The maximum Gasteiger partial charge on any atom is 0.246 e. The average molecular weight is 360 g/mol. The molecule has 0 radical (unpaired) electrons. The molecule has 3 aromatic heterocycles. The SMILES string of the molecule is O=C(Cn1cccn1)Nc1ccccc1Cc1nc(-c2cccnc2)no1. The van der Waals surface area contributed by atoms with Gasteiger partial charge in [0.25, 0.3) is 0 Å². The Bertz CT molecular complexity index is 1030. The fraction of sp³-hybridized carbons (Fsp3) is 0.105. The molecule has 8 nitrogen and oxygen atoms in total. The van der Waals surface area contributed by atoms with Crippen LogP contribution in [0.4, 0.5) is 5.69 Å². The summed E-state index contributed by atoms with van der Waals surface area (Å²) in [7, 11) is 0. The van der Waals surface area contributed by atoms with Crippen molar-refractivity contribution in [3.8, 4) is 11.4 Å². The molecule has 0 atom stereocenters. The Morgan fingerprint density at radius 1 is 1.11 bits per heavy atom. The van der Waals surface area contributed by atoms with Crippen LogP contribution >= 0.6 is 0 Å². The number of rotatable bonds is 6. The van der Waals surface area contributed by atoms with Gasteiger partial charge in [0, 0.05) is 36.0 Å². The van der Waals surface area contributed by atoms with Crippen LogP contribution < -0.4 is 5.32 Å². The Morgan fingerprint density at radius 2 is 2.04 bits per heavy atom. The van der Waals surface area contributed by atoms with Gasteiger partial charge in [-0.3, -0.25) is 14.5 Å². The number of nitrogens with zero attached hydrogens (tertiary/aromatic N) is 5. The second kappa shape index (κ2) is 7.61. The zero-order valence-electron chi connectivity index (χ0n) is 14.3. The first-order valence-corrected chi connectivity index (χ1v) is 8.36. The van der Waals surface area contributed by atoms with Crippen LogP contribution in [0.15, 0.2) is 71.8 Å². The van der Waals surface area contributed by atoms with E-state index < -0.39 is 0 Å². The van der Waals surface area contributed by atoms with E-state index in [1.807, 2.05) is 36.4 Å². The minimum atomic E-state index is -0.160.